The molecule has 5 nitrogen and oxygen atoms in total. The molecular formula is C10H20N2O3S. The third-order valence-electron chi connectivity index (χ3n) is 1.49. The Morgan fingerprint density at radius 2 is 1.75 bits per heavy atom. The molecule has 94 valence electrons. The van der Waals surface area contributed by atoms with E-state index in [-0.39, 0.29) is 11.7 Å². The van der Waals surface area contributed by atoms with Crippen LogP contribution >= 0.6 is 12.6 Å². The van der Waals surface area contributed by atoms with Crippen LogP contribution in [-0.2, 0) is 9.53 Å². The second-order valence-corrected chi connectivity index (χ2v) is 4.61. The van der Waals surface area contributed by atoms with Crippen molar-refractivity contribution in [1.29, 1.82) is 0 Å². The molecule has 0 spiro atoms. The van der Waals surface area contributed by atoms with Crippen LogP contribution in [0, 0.1) is 0 Å². The average molecular weight is 248 g/mol. The SMILES string of the molecule is CC(C)(C)OC(=O)NCCCNC(=O)CS. The fraction of sp³-hybridized carbons (Fsp3) is 0.800. The second kappa shape index (κ2) is 7.38. The lowest BCUT2D eigenvalue weighted by atomic mass is 10.2. The number of alkyl carbamates (subject to hydrolysis) is 1. The van der Waals surface area contributed by atoms with Gasteiger partial charge in [-0.2, -0.15) is 12.6 Å². The number of rotatable bonds is 5. The number of nitrogens with one attached hydrogen (secondary N) is 2. The van der Waals surface area contributed by atoms with E-state index in [9.17, 15) is 9.59 Å². The van der Waals surface area contributed by atoms with E-state index in [1.165, 1.54) is 0 Å². The summed E-state index contributed by atoms with van der Waals surface area (Å²) in [6.45, 7) is 6.41. The summed E-state index contributed by atoms with van der Waals surface area (Å²) < 4.78 is 5.04. The summed E-state index contributed by atoms with van der Waals surface area (Å²) in [7, 11) is 0. The topological polar surface area (TPSA) is 67.4 Å². The third-order valence-corrected chi connectivity index (χ3v) is 1.77. The minimum absolute atomic E-state index is 0.111. The lowest BCUT2D eigenvalue weighted by Gasteiger charge is -2.19. The van der Waals surface area contributed by atoms with Gasteiger partial charge in [0.25, 0.3) is 0 Å². The highest BCUT2D eigenvalue weighted by Crippen LogP contribution is 2.06. The van der Waals surface area contributed by atoms with Crippen molar-refractivity contribution < 1.29 is 14.3 Å². The Morgan fingerprint density at radius 1 is 1.19 bits per heavy atom. The number of hydrogen-bond donors (Lipinski definition) is 3. The molecule has 0 bridgehead atoms. The fourth-order valence-electron chi connectivity index (χ4n) is 0.877. The zero-order valence-corrected chi connectivity index (χ0v) is 10.9. The summed E-state index contributed by atoms with van der Waals surface area (Å²) in [6.07, 6.45) is 0.228. The van der Waals surface area contributed by atoms with Crippen LogP contribution in [0.2, 0.25) is 0 Å². The maximum Gasteiger partial charge on any atom is 0.407 e. The lowest BCUT2D eigenvalue weighted by Crippen LogP contribution is -2.34. The molecule has 0 saturated carbocycles. The van der Waals surface area contributed by atoms with Crippen molar-refractivity contribution in [3.63, 3.8) is 0 Å². The highest BCUT2D eigenvalue weighted by atomic mass is 32.1. The van der Waals surface area contributed by atoms with Gasteiger partial charge in [-0.05, 0) is 27.2 Å². The van der Waals surface area contributed by atoms with Gasteiger partial charge in [-0.3, -0.25) is 4.79 Å². The molecule has 0 atom stereocenters. The van der Waals surface area contributed by atoms with Crippen LogP contribution in [-0.4, -0.2) is 36.4 Å². The molecule has 0 radical (unpaired) electrons. The first-order valence-corrected chi connectivity index (χ1v) is 5.83. The molecule has 16 heavy (non-hydrogen) atoms. The zero-order valence-electron chi connectivity index (χ0n) is 10.0. The Morgan fingerprint density at radius 3 is 2.25 bits per heavy atom. The Labute approximate surface area is 102 Å². The number of carbonyl (C=O) groups excluding carboxylic acids is 2. The van der Waals surface area contributed by atoms with Crippen LogP contribution in [0.1, 0.15) is 27.2 Å². The van der Waals surface area contributed by atoms with Crippen molar-refractivity contribution in [2.75, 3.05) is 18.8 Å². The monoisotopic (exact) mass is 248 g/mol. The lowest BCUT2D eigenvalue weighted by molar-refractivity contribution is -0.118. The number of thiol groups is 1. The zero-order chi connectivity index (χ0) is 12.6. The molecule has 0 aromatic carbocycles. The maximum atomic E-state index is 11.2. The molecule has 0 aliphatic heterocycles. The smallest absolute Gasteiger partial charge is 0.407 e. The standard InChI is InChI=1S/C10H20N2O3S/c1-10(2,3)15-9(14)12-6-4-5-11-8(13)7-16/h16H,4-7H2,1-3H3,(H,11,13)(H,12,14). The van der Waals surface area contributed by atoms with E-state index < -0.39 is 11.7 Å². The molecular weight excluding hydrogens is 228 g/mol. The van der Waals surface area contributed by atoms with E-state index >= 15 is 0 Å². The molecule has 0 aromatic heterocycles. The second-order valence-electron chi connectivity index (χ2n) is 4.29. The third kappa shape index (κ3) is 9.64. The summed E-state index contributed by atoms with van der Waals surface area (Å²) in [4.78, 5) is 22.0. The van der Waals surface area contributed by atoms with Gasteiger partial charge in [-0.25, -0.2) is 4.79 Å². The van der Waals surface area contributed by atoms with E-state index in [1.807, 2.05) is 0 Å². The van der Waals surface area contributed by atoms with Crippen molar-refractivity contribution in [2.45, 2.75) is 32.8 Å². The van der Waals surface area contributed by atoms with Crippen LogP contribution in [0.25, 0.3) is 0 Å². The molecule has 0 rings (SSSR count). The molecule has 0 aliphatic rings. The van der Waals surface area contributed by atoms with E-state index in [0.29, 0.717) is 19.5 Å². The quantitative estimate of drug-likeness (QED) is 0.501. The van der Waals surface area contributed by atoms with Crippen molar-refractivity contribution in [1.82, 2.24) is 10.6 Å². The Kier molecular flexibility index (Phi) is 6.96. The summed E-state index contributed by atoms with van der Waals surface area (Å²) in [5.41, 5.74) is -0.482. The van der Waals surface area contributed by atoms with Crippen molar-refractivity contribution >= 4 is 24.6 Å². The highest BCUT2D eigenvalue weighted by molar-refractivity contribution is 7.81. The minimum Gasteiger partial charge on any atom is -0.444 e. The van der Waals surface area contributed by atoms with Gasteiger partial charge in [-0.1, -0.05) is 0 Å². The first-order valence-electron chi connectivity index (χ1n) is 5.19. The van der Waals surface area contributed by atoms with Gasteiger partial charge in [0.1, 0.15) is 5.60 Å². The molecule has 0 aliphatic carbocycles. The summed E-state index contributed by atoms with van der Waals surface area (Å²) in [5, 5.41) is 5.25. The van der Waals surface area contributed by atoms with Gasteiger partial charge < -0.3 is 15.4 Å². The predicted octanol–water partition coefficient (Wildman–Crippen LogP) is 0.947. The highest BCUT2D eigenvalue weighted by Gasteiger charge is 2.15. The van der Waals surface area contributed by atoms with Crippen LogP contribution in [0.15, 0.2) is 0 Å². The molecule has 2 amide bonds. The van der Waals surface area contributed by atoms with Crippen molar-refractivity contribution in [3.05, 3.63) is 0 Å². The number of amides is 2. The summed E-state index contributed by atoms with van der Waals surface area (Å²) in [5.74, 6) is 0.0695. The van der Waals surface area contributed by atoms with Gasteiger partial charge in [0.05, 0.1) is 5.75 Å². The van der Waals surface area contributed by atoms with Crippen LogP contribution in [0.3, 0.4) is 0 Å². The molecule has 0 saturated heterocycles. The van der Waals surface area contributed by atoms with Gasteiger partial charge in [0.2, 0.25) is 5.91 Å². The van der Waals surface area contributed by atoms with Crippen molar-refractivity contribution in [2.24, 2.45) is 0 Å². The number of ether oxygens (including phenoxy) is 1. The van der Waals surface area contributed by atoms with Crippen LogP contribution in [0.5, 0.6) is 0 Å². The largest absolute Gasteiger partial charge is 0.444 e. The molecule has 0 unspecified atom stereocenters. The molecule has 0 fully saturated rings. The Balaban J connectivity index is 3.45. The predicted molar refractivity (Wildman–Crippen MR) is 65.7 cm³/mol. The Bertz CT molecular complexity index is 239. The normalized spacial score (nSPS) is 10.8. The van der Waals surface area contributed by atoms with E-state index in [1.54, 1.807) is 20.8 Å². The maximum absolute atomic E-state index is 11.2. The fourth-order valence-corrected chi connectivity index (χ4v) is 0.989. The first kappa shape index (κ1) is 15.1. The Hall–Kier alpha value is -0.910. The molecule has 0 aromatic rings. The minimum atomic E-state index is -0.482. The first-order chi connectivity index (χ1) is 7.35. The molecule has 2 N–H and O–H groups in total. The average Bonchev–Trinajstić information content (AvgIpc) is 2.14. The van der Waals surface area contributed by atoms with Crippen LogP contribution < -0.4 is 10.6 Å². The summed E-state index contributed by atoms with van der Waals surface area (Å²) >= 11 is 3.82. The van der Waals surface area contributed by atoms with Gasteiger partial charge in [0, 0.05) is 13.1 Å². The van der Waals surface area contributed by atoms with E-state index in [0.717, 1.165) is 0 Å². The van der Waals surface area contributed by atoms with Gasteiger partial charge >= 0.3 is 6.09 Å². The van der Waals surface area contributed by atoms with Crippen molar-refractivity contribution in [3.8, 4) is 0 Å². The van der Waals surface area contributed by atoms with Crippen LogP contribution in [0.4, 0.5) is 4.79 Å². The summed E-state index contributed by atoms with van der Waals surface area (Å²) in [6, 6.07) is 0. The molecule has 6 heteroatoms. The van der Waals surface area contributed by atoms with E-state index in [2.05, 4.69) is 23.3 Å². The van der Waals surface area contributed by atoms with E-state index in [4.69, 9.17) is 4.74 Å². The van der Waals surface area contributed by atoms with Gasteiger partial charge in [0.15, 0.2) is 0 Å². The number of hydrogen-bond acceptors (Lipinski definition) is 4. The van der Waals surface area contributed by atoms with Gasteiger partial charge in [-0.15, -0.1) is 0 Å². The molecule has 0 heterocycles. The number of carbonyl (C=O) groups is 2.